The van der Waals surface area contributed by atoms with Gasteiger partial charge in [0.15, 0.2) is 0 Å². The molecule has 1 saturated heterocycles. The van der Waals surface area contributed by atoms with Crippen molar-refractivity contribution < 1.29 is 32.6 Å². The van der Waals surface area contributed by atoms with Gasteiger partial charge >= 0.3 is 12.1 Å². The number of hydrogen-bond donors (Lipinski definition) is 0. The van der Waals surface area contributed by atoms with Crippen molar-refractivity contribution in [1.29, 1.82) is 0 Å². The smallest absolute Gasteiger partial charge is 0.419 e. The van der Waals surface area contributed by atoms with E-state index in [2.05, 4.69) is 4.90 Å². The summed E-state index contributed by atoms with van der Waals surface area (Å²) in [5, 5.41) is 0.896. The van der Waals surface area contributed by atoms with Crippen molar-refractivity contribution >= 4 is 23.0 Å². The fourth-order valence-electron chi connectivity index (χ4n) is 6.85. The Morgan fingerprint density at radius 1 is 1.05 bits per heavy atom. The van der Waals surface area contributed by atoms with Crippen LogP contribution in [0.3, 0.4) is 0 Å². The number of halogens is 2. The van der Waals surface area contributed by atoms with Gasteiger partial charge in [-0.3, -0.25) is 9.47 Å². The van der Waals surface area contributed by atoms with Gasteiger partial charge in [0.2, 0.25) is 0 Å². The summed E-state index contributed by atoms with van der Waals surface area (Å²) in [5.41, 5.74) is 4.50. The molecule has 0 N–H and O–H groups in total. The number of likely N-dealkylation sites (tertiary alicyclic amines) is 1. The number of methoxy groups -OCH3 is 2. The first-order valence-electron chi connectivity index (χ1n) is 14.6. The molecule has 5 rings (SSSR count). The summed E-state index contributed by atoms with van der Waals surface area (Å²) in [6.07, 6.45) is 2.08. The van der Waals surface area contributed by atoms with Crippen LogP contribution >= 0.6 is 0 Å². The molecule has 43 heavy (non-hydrogen) atoms. The molecular formula is C34H40F2N2O5. The van der Waals surface area contributed by atoms with E-state index in [1.165, 1.54) is 7.11 Å². The highest BCUT2D eigenvalue weighted by atomic mass is 19.3. The molecule has 9 heteroatoms. The molecule has 7 nitrogen and oxygen atoms in total. The number of piperidine rings is 1. The Morgan fingerprint density at radius 3 is 2.37 bits per heavy atom. The van der Waals surface area contributed by atoms with Crippen molar-refractivity contribution in [1.82, 2.24) is 9.47 Å². The highest BCUT2D eigenvalue weighted by Crippen LogP contribution is 2.58. The number of carbonyl (C=O) groups excluding carboxylic acids is 2. The average Bonchev–Trinajstić information content (AvgIpc) is 3.38. The second kappa shape index (κ2) is 11.4. The molecule has 1 aromatic heterocycles. The predicted octanol–water partition coefficient (Wildman–Crippen LogP) is 8.10. The van der Waals surface area contributed by atoms with Crippen LogP contribution in [0.1, 0.15) is 85.1 Å². The highest BCUT2D eigenvalue weighted by Gasteiger charge is 2.48. The molecule has 2 heterocycles. The molecule has 1 aliphatic carbocycles. The molecule has 0 amide bonds. The minimum atomic E-state index is -1.55. The van der Waals surface area contributed by atoms with Crippen LogP contribution in [0.25, 0.3) is 10.9 Å². The van der Waals surface area contributed by atoms with E-state index in [0.29, 0.717) is 31.5 Å². The number of allylic oxidation sites excluding steroid dienone is 1. The van der Waals surface area contributed by atoms with Gasteiger partial charge < -0.3 is 14.2 Å². The largest absolute Gasteiger partial charge is 0.496 e. The maximum atomic E-state index is 13.4. The van der Waals surface area contributed by atoms with Gasteiger partial charge in [-0.2, -0.15) is 8.78 Å². The third-order valence-corrected chi connectivity index (χ3v) is 8.89. The van der Waals surface area contributed by atoms with E-state index >= 15 is 0 Å². The van der Waals surface area contributed by atoms with Crippen molar-refractivity contribution in [2.24, 2.45) is 5.41 Å². The first-order chi connectivity index (χ1) is 20.3. The van der Waals surface area contributed by atoms with Crippen LogP contribution in [0, 0.1) is 19.3 Å². The standard InChI is InChI=1S/C34H40F2N2O5/c1-20-14-22(31(39)42-7)8-9-24(20)27-18-34(16-23(17-34)30(35)36)11-13-37(27)19-26-25-10-12-38(32(40)43-33(3,4)5)29(25)21(2)15-28(26)41-6/h8-10,12,14-15,27H,11,13,16-19H2,1-7H3. The number of aryl methyl sites for hydroxylation is 2. The Balaban J connectivity index is 1.55. The van der Waals surface area contributed by atoms with E-state index < -0.39 is 23.7 Å². The lowest BCUT2D eigenvalue weighted by Gasteiger charge is -2.53. The van der Waals surface area contributed by atoms with Gasteiger partial charge in [0.1, 0.15) is 11.4 Å². The maximum Gasteiger partial charge on any atom is 0.419 e. The number of fused-ring (bicyclic) bond motifs is 1. The molecule has 1 spiro atoms. The van der Waals surface area contributed by atoms with Crippen LogP contribution < -0.4 is 4.74 Å². The third kappa shape index (κ3) is 5.92. The lowest BCUT2D eigenvalue weighted by molar-refractivity contribution is 0.0137. The van der Waals surface area contributed by atoms with Gasteiger partial charge in [0.25, 0.3) is 6.08 Å². The molecule has 1 aliphatic heterocycles. The Bertz CT molecular complexity index is 1600. The van der Waals surface area contributed by atoms with Gasteiger partial charge in [-0.05, 0) is 119 Å². The van der Waals surface area contributed by atoms with Crippen LogP contribution in [0.5, 0.6) is 5.75 Å². The summed E-state index contributed by atoms with van der Waals surface area (Å²) in [5.74, 6) is 0.317. The summed E-state index contributed by atoms with van der Waals surface area (Å²) >= 11 is 0. The van der Waals surface area contributed by atoms with Crippen molar-refractivity contribution in [2.45, 2.75) is 78.5 Å². The predicted molar refractivity (Wildman–Crippen MR) is 161 cm³/mol. The SMILES string of the molecule is COC(=O)c1ccc(C2CC3(CCN2Cc2c(OC)cc(C)c4c2ccn4C(=O)OC(C)(C)C)CC(=C(F)F)C3)c(C)c1. The molecule has 1 saturated carbocycles. The monoisotopic (exact) mass is 594 g/mol. The molecule has 1 atom stereocenters. The zero-order valence-electron chi connectivity index (χ0n) is 26.0. The van der Waals surface area contributed by atoms with E-state index in [9.17, 15) is 18.4 Å². The average molecular weight is 595 g/mol. The van der Waals surface area contributed by atoms with Crippen LogP contribution in [-0.2, 0) is 16.0 Å². The Kier molecular flexibility index (Phi) is 8.15. The molecule has 2 fully saturated rings. The Morgan fingerprint density at radius 2 is 1.77 bits per heavy atom. The van der Waals surface area contributed by atoms with Crippen LogP contribution in [0.15, 0.2) is 48.2 Å². The van der Waals surface area contributed by atoms with Crippen molar-refractivity contribution in [3.63, 3.8) is 0 Å². The fourth-order valence-corrected chi connectivity index (χ4v) is 6.85. The van der Waals surface area contributed by atoms with Gasteiger partial charge in [0.05, 0.1) is 25.3 Å². The molecule has 2 aliphatic rings. The summed E-state index contributed by atoms with van der Waals surface area (Å²) < 4.78 is 44.8. The number of rotatable bonds is 5. The first-order valence-corrected chi connectivity index (χ1v) is 14.6. The topological polar surface area (TPSA) is 70.0 Å². The number of esters is 1. The number of benzene rings is 2. The number of ether oxygens (including phenoxy) is 3. The summed E-state index contributed by atoms with van der Waals surface area (Å²) in [6, 6.07) is 9.37. The number of aromatic nitrogens is 1. The second-order valence-corrected chi connectivity index (χ2v) is 13.0. The van der Waals surface area contributed by atoms with Crippen LogP contribution in [-0.4, -0.2) is 47.9 Å². The van der Waals surface area contributed by atoms with Gasteiger partial charge in [-0.15, -0.1) is 0 Å². The lowest BCUT2D eigenvalue weighted by Crippen LogP contribution is -2.46. The molecule has 1 unspecified atom stereocenters. The van der Waals surface area contributed by atoms with Crippen molar-refractivity contribution in [2.75, 3.05) is 20.8 Å². The van der Waals surface area contributed by atoms with Gasteiger partial charge in [-0.1, -0.05) is 6.07 Å². The summed E-state index contributed by atoms with van der Waals surface area (Å²) in [4.78, 5) is 27.7. The number of nitrogens with zero attached hydrogens (tertiary/aromatic N) is 2. The molecule has 0 bridgehead atoms. The lowest BCUT2D eigenvalue weighted by atomic mass is 9.58. The fraction of sp³-hybridized carbons (Fsp3) is 0.471. The molecule has 3 aromatic rings. The Hall–Kier alpha value is -3.72. The third-order valence-electron chi connectivity index (χ3n) is 8.89. The number of carbonyl (C=O) groups is 2. The molecule has 230 valence electrons. The van der Waals surface area contributed by atoms with Crippen LogP contribution in [0.2, 0.25) is 0 Å². The zero-order chi connectivity index (χ0) is 31.3. The van der Waals surface area contributed by atoms with E-state index in [1.54, 1.807) is 23.9 Å². The number of hydrogen-bond acceptors (Lipinski definition) is 6. The van der Waals surface area contributed by atoms with E-state index in [1.807, 2.05) is 58.9 Å². The minimum Gasteiger partial charge on any atom is -0.496 e. The van der Waals surface area contributed by atoms with E-state index in [4.69, 9.17) is 14.2 Å². The Labute approximate surface area is 251 Å². The summed E-state index contributed by atoms with van der Waals surface area (Å²) in [7, 11) is 3.00. The van der Waals surface area contributed by atoms with Gasteiger partial charge in [-0.25, -0.2) is 9.59 Å². The maximum absolute atomic E-state index is 13.4. The molecule has 0 radical (unpaired) electrons. The normalized spacial score (nSPS) is 20.7. The summed E-state index contributed by atoms with van der Waals surface area (Å²) in [6.45, 7) is 10.7. The molecule has 2 aromatic carbocycles. The highest BCUT2D eigenvalue weighted by molar-refractivity contribution is 5.95. The van der Waals surface area contributed by atoms with Crippen LogP contribution in [0.4, 0.5) is 13.6 Å². The second-order valence-electron chi connectivity index (χ2n) is 13.0. The van der Waals surface area contributed by atoms with Gasteiger partial charge in [0, 0.05) is 29.7 Å². The van der Waals surface area contributed by atoms with E-state index in [-0.39, 0.29) is 17.0 Å². The van der Waals surface area contributed by atoms with E-state index in [0.717, 1.165) is 51.7 Å². The molecular weight excluding hydrogens is 554 g/mol. The quantitative estimate of drug-likeness (QED) is 0.278. The first kappa shape index (κ1) is 30.7. The zero-order valence-corrected chi connectivity index (χ0v) is 26.0. The van der Waals surface area contributed by atoms with Crippen molar-refractivity contribution in [3.05, 3.63) is 76.0 Å². The minimum absolute atomic E-state index is 0.0707. The van der Waals surface area contributed by atoms with Crippen molar-refractivity contribution in [3.8, 4) is 5.75 Å².